The van der Waals surface area contributed by atoms with Gasteiger partial charge in [-0.05, 0) is 28.9 Å². The summed E-state index contributed by atoms with van der Waals surface area (Å²) >= 11 is 2.92. The number of benzene rings is 1. The molecule has 0 fully saturated rings. The average Bonchev–Trinajstić information content (AvgIpc) is 2.00. The first-order valence-corrected chi connectivity index (χ1v) is 3.92. The summed E-state index contributed by atoms with van der Waals surface area (Å²) in [6, 6.07) is 2.21. The van der Waals surface area contributed by atoms with Gasteiger partial charge in [0.15, 0.2) is 0 Å². The molecule has 5 heteroatoms. The minimum absolute atomic E-state index is 0.0803. The number of hydrogen-bond acceptors (Lipinski definition) is 2. The van der Waals surface area contributed by atoms with Crippen molar-refractivity contribution in [3.8, 4) is 0 Å². The van der Waals surface area contributed by atoms with E-state index in [-0.39, 0.29) is 10.2 Å². The Kier molecular flexibility index (Phi) is 2.42. The van der Waals surface area contributed by atoms with Gasteiger partial charge in [0, 0.05) is 11.6 Å². The Bertz CT molecular complexity index is 340. The van der Waals surface area contributed by atoms with Crippen LogP contribution in [0.5, 0.6) is 0 Å². The Morgan fingerprint density at radius 1 is 1.58 bits per heavy atom. The van der Waals surface area contributed by atoms with Gasteiger partial charge in [0.05, 0.1) is 9.40 Å². The van der Waals surface area contributed by atoms with Gasteiger partial charge in [0.25, 0.3) is 5.69 Å². The lowest BCUT2D eigenvalue weighted by molar-refractivity contribution is -0.385. The fourth-order valence-electron chi connectivity index (χ4n) is 0.840. The summed E-state index contributed by atoms with van der Waals surface area (Å²) in [7, 11) is 0. The molecule has 0 atom stereocenters. The highest BCUT2D eigenvalue weighted by Crippen LogP contribution is 2.27. The topological polar surface area (TPSA) is 43.1 Å². The predicted molar refractivity (Wildman–Crippen MR) is 45.5 cm³/mol. The molecule has 0 aliphatic carbocycles. The second kappa shape index (κ2) is 3.18. The standard InChI is InChI=1S/C7H5BrFNO2/c1-4-6(10(11)12)3-2-5(9)7(4)8/h2-3H,1H3. The van der Waals surface area contributed by atoms with Crippen molar-refractivity contribution in [1.29, 1.82) is 0 Å². The minimum Gasteiger partial charge on any atom is -0.258 e. The molecule has 64 valence electrons. The number of nitro groups is 1. The molecule has 3 nitrogen and oxygen atoms in total. The Balaban J connectivity index is 3.36. The summed E-state index contributed by atoms with van der Waals surface area (Å²) in [5, 5.41) is 10.3. The SMILES string of the molecule is Cc1c([N+](=O)[O-])ccc(F)c1Br. The first-order chi connectivity index (χ1) is 5.54. The molecular formula is C7H5BrFNO2. The maximum absolute atomic E-state index is 12.8. The van der Waals surface area contributed by atoms with Gasteiger partial charge in [0.2, 0.25) is 0 Å². The third-order valence-electron chi connectivity index (χ3n) is 1.51. The van der Waals surface area contributed by atoms with Crippen molar-refractivity contribution in [2.24, 2.45) is 0 Å². The van der Waals surface area contributed by atoms with Gasteiger partial charge in [0.1, 0.15) is 5.82 Å². The molecule has 0 spiro atoms. The fourth-order valence-corrected chi connectivity index (χ4v) is 1.17. The van der Waals surface area contributed by atoms with E-state index in [0.29, 0.717) is 5.56 Å². The van der Waals surface area contributed by atoms with E-state index in [1.807, 2.05) is 0 Å². The molecule has 0 radical (unpaired) electrons. The van der Waals surface area contributed by atoms with E-state index in [2.05, 4.69) is 15.9 Å². The highest BCUT2D eigenvalue weighted by atomic mass is 79.9. The molecule has 0 aromatic heterocycles. The molecule has 0 saturated heterocycles. The number of hydrogen-bond donors (Lipinski definition) is 0. The van der Waals surface area contributed by atoms with Crippen molar-refractivity contribution < 1.29 is 9.31 Å². The molecule has 0 amide bonds. The lowest BCUT2D eigenvalue weighted by Gasteiger charge is -1.99. The van der Waals surface area contributed by atoms with Crippen molar-refractivity contribution in [3.05, 3.63) is 38.1 Å². The first-order valence-electron chi connectivity index (χ1n) is 3.13. The molecule has 1 rings (SSSR count). The summed E-state index contributed by atoms with van der Waals surface area (Å²) in [5.74, 6) is -0.488. The van der Waals surface area contributed by atoms with Gasteiger partial charge in [-0.15, -0.1) is 0 Å². The van der Waals surface area contributed by atoms with Crippen LogP contribution in [-0.2, 0) is 0 Å². The van der Waals surface area contributed by atoms with E-state index < -0.39 is 10.7 Å². The number of rotatable bonds is 1. The van der Waals surface area contributed by atoms with E-state index in [1.54, 1.807) is 0 Å². The Labute approximate surface area is 76.5 Å². The predicted octanol–water partition coefficient (Wildman–Crippen LogP) is 2.80. The zero-order valence-electron chi connectivity index (χ0n) is 6.17. The van der Waals surface area contributed by atoms with Crippen molar-refractivity contribution >= 4 is 21.6 Å². The van der Waals surface area contributed by atoms with E-state index in [0.717, 1.165) is 12.1 Å². The van der Waals surface area contributed by atoms with Gasteiger partial charge >= 0.3 is 0 Å². The minimum atomic E-state index is -0.542. The molecular weight excluding hydrogens is 229 g/mol. The number of nitrogens with zero attached hydrogens (tertiary/aromatic N) is 1. The Morgan fingerprint density at radius 2 is 2.17 bits per heavy atom. The monoisotopic (exact) mass is 233 g/mol. The van der Waals surface area contributed by atoms with Crippen molar-refractivity contribution in [3.63, 3.8) is 0 Å². The molecule has 12 heavy (non-hydrogen) atoms. The van der Waals surface area contributed by atoms with Crippen LogP contribution in [0.25, 0.3) is 0 Å². The smallest absolute Gasteiger partial charge is 0.258 e. The molecule has 1 aromatic rings. The molecule has 0 aliphatic heterocycles. The van der Waals surface area contributed by atoms with E-state index in [4.69, 9.17) is 0 Å². The normalized spacial score (nSPS) is 9.92. The summed E-state index contributed by atoms with van der Waals surface area (Å²) < 4.78 is 12.9. The van der Waals surface area contributed by atoms with Gasteiger partial charge in [-0.3, -0.25) is 10.1 Å². The second-order valence-corrected chi connectivity index (χ2v) is 3.06. The lowest BCUT2D eigenvalue weighted by Crippen LogP contribution is -1.93. The maximum atomic E-state index is 12.8. The van der Waals surface area contributed by atoms with Crippen LogP contribution in [0.3, 0.4) is 0 Å². The molecule has 0 heterocycles. The van der Waals surface area contributed by atoms with Gasteiger partial charge < -0.3 is 0 Å². The number of halogens is 2. The van der Waals surface area contributed by atoms with Crippen LogP contribution in [0, 0.1) is 22.9 Å². The van der Waals surface area contributed by atoms with Gasteiger partial charge in [-0.1, -0.05) is 0 Å². The van der Waals surface area contributed by atoms with Gasteiger partial charge in [-0.25, -0.2) is 4.39 Å². The van der Waals surface area contributed by atoms with Crippen LogP contribution in [0.1, 0.15) is 5.56 Å². The molecule has 0 saturated carbocycles. The molecule has 0 bridgehead atoms. The molecule has 0 unspecified atom stereocenters. The highest BCUT2D eigenvalue weighted by Gasteiger charge is 2.14. The zero-order valence-corrected chi connectivity index (χ0v) is 7.76. The number of nitro benzene ring substituents is 1. The summed E-state index contributed by atoms with van der Waals surface area (Å²) in [5.41, 5.74) is 0.225. The zero-order chi connectivity index (χ0) is 9.30. The fraction of sp³-hybridized carbons (Fsp3) is 0.143. The van der Waals surface area contributed by atoms with Crippen molar-refractivity contribution in [1.82, 2.24) is 0 Å². The third-order valence-corrected chi connectivity index (χ3v) is 2.48. The van der Waals surface area contributed by atoms with Crippen LogP contribution in [0.4, 0.5) is 10.1 Å². The van der Waals surface area contributed by atoms with E-state index in [9.17, 15) is 14.5 Å². The first kappa shape index (κ1) is 9.12. The van der Waals surface area contributed by atoms with Crippen LogP contribution in [0.15, 0.2) is 16.6 Å². The second-order valence-electron chi connectivity index (χ2n) is 2.26. The summed E-state index contributed by atoms with van der Waals surface area (Å²) in [6.07, 6.45) is 0. The Morgan fingerprint density at radius 3 is 2.67 bits per heavy atom. The summed E-state index contributed by atoms with van der Waals surface area (Å²) in [6.45, 7) is 1.49. The molecule has 0 aliphatic rings. The Hall–Kier alpha value is -0.970. The van der Waals surface area contributed by atoms with E-state index in [1.165, 1.54) is 6.92 Å². The summed E-state index contributed by atoms with van der Waals surface area (Å²) in [4.78, 5) is 9.81. The van der Waals surface area contributed by atoms with Crippen LogP contribution < -0.4 is 0 Å². The maximum Gasteiger partial charge on any atom is 0.273 e. The largest absolute Gasteiger partial charge is 0.273 e. The van der Waals surface area contributed by atoms with Crippen molar-refractivity contribution in [2.45, 2.75) is 6.92 Å². The van der Waals surface area contributed by atoms with Crippen molar-refractivity contribution in [2.75, 3.05) is 0 Å². The highest BCUT2D eigenvalue weighted by molar-refractivity contribution is 9.10. The van der Waals surface area contributed by atoms with E-state index >= 15 is 0 Å². The lowest BCUT2D eigenvalue weighted by atomic mass is 10.2. The molecule has 0 N–H and O–H groups in total. The van der Waals surface area contributed by atoms with Crippen LogP contribution in [0.2, 0.25) is 0 Å². The quantitative estimate of drug-likeness (QED) is 0.553. The van der Waals surface area contributed by atoms with Crippen LogP contribution >= 0.6 is 15.9 Å². The third kappa shape index (κ3) is 1.45. The molecule has 1 aromatic carbocycles. The van der Waals surface area contributed by atoms with Crippen LogP contribution in [-0.4, -0.2) is 4.92 Å². The average molecular weight is 234 g/mol. The van der Waals surface area contributed by atoms with Gasteiger partial charge in [-0.2, -0.15) is 0 Å².